The van der Waals surface area contributed by atoms with Crippen molar-refractivity contribution >= 4 is 34.8 Å². The van der Waals surface area contributed by atoms with Gasteiger partial charge in [-0.3, -0.25) is 0 Å². The lowest BCUT2D eigenvalue weighted by atomic mass is 9.97. The molecule has 0 amide bonds. The Labute approximate surface area is 236 Å². The first kappa shape index (κ1) is 27.2. The van der Waals surface area contributed by atoms with Gasteiger partial charge in [-0.25, -0.2) is 8.93 Å². The smallest absolute Gasteiger partial charge is 0.0979 e. The molecule has 4 heteroatoms. The van der Waals surface area contributed by atoms with Gasteiger partial charge in [0.05, 0.1) is 21.8 Å². The topological polar surface area (TPSA) is 29.1 Å². The Bertz CT molecular complexity index is 1480. The Morgan fingerprint density at radius 3 is 1.59 bits per heavy atom. The Morgan fingerprint density at radius 2 is 1.05 bits per heavy atom. The van der Waals surface area contributed by atoms with Crippen molar-refractivity contribution in [2.75, 3.05) is 0 Å². The maximum atomic E-state index is 13.5. The van der Waals surface area contributed by atoms with E-state index in [-0.39, 0.29) is 6.04 Å². The molecule has 5 aromatic rings. The molecule has 0 radical (unpaired) electrons. The highest BCUT2D eigenvalue weighted by molar-refractivity contribution is 7.84. The molecule has 0 bridgehead atoms. The maximum absolute atomic E-state index is 13.5. The van der Waals surface area contributed by atoms with Crippen LogP contribution in [0.2, 0.25) is 0 Å². The van der Waals surface area contributed by atoms with Gasteiger partial charge in [-0.2, -0.15) is 0 Å². The van der Waals surface area contributed by atoms with E-state index in [1.54, 1.807) is 0 Å². The Hall–Kier alpha value is -3.36. The minimum absolute atomic E-state index is 0.233. The number of rotatable bonds is 8. The van der Waals surface area contributed by atoms with Crippen molar-refractivity contribution in [3.63, 3.8) is 0 Å². The first-order valence-electron chi connectivity index (χ1n) is 13.2. The molecule has 0 heterocycles. The lowest BCUT2D eigenvalue weighted by molar-refractivity contribution is 0.624. The summed E-state index contributed by atoms with van der Waals surface area (Å²) < 4.78 is 16.7. The van der Waals surface area contributed by atoms with Gasteiger partial charge in [0.2, 0.25) is 0 Å². The molecule has 0 fully saturated rings. The third-order valence-electron chi connectivity index (χ3n) is 6.65. The molecule has 2 unspecified atom stereocenters. The van der Waals surface area contributed by atoms with E-state index in [1.807, 2.05) is 26.8 Å². The van der Waals surface area contributed by atoms with E-state index in [4.69, 9.17) is 0 Å². The molecule has 2 atom stereocenters. The molecule has 0 aromatic heterocycles. The fraction of sp³-hybridized carbons (Fsp3) is 0.143. The second kappa shape index (κ2) is 12.2. The molecule has 5 aromatic carbocycles. The van der Waals surface area contributed by atoms with Crippen LogP contribution in [0.15, 0.2) is 140 Å². The minimum atomic E-state index is -1.26. The Morgan fingerprint density at radius 1 is 0.590 bits per heavy atom. The van der Waals surface area contributed by atoms with Crippen LogP contribution in [0.4, 0.5) is 0 Å². The van der Waals surface area contributed by atoms with Crippen LogP contribution >= 0.6 is 7.92 Å². The molecule has 0 aliphatic carbocycles. The van der Waals surface area contributed by atoms with Crippen molar-refractivity contribution in [2.45, 2.75) is 31.6 Å². The highest BCUT2D eigenvalue weighted by Crippen LogP contribution is 2.37. The van der Waals surface area contributed by atoms with Crippen molar-refractivity contribution in [1.29, 1.82) is 0 Å². The quantitative estimate of drug-likeness (QED) is 0.204. The molecule has 2 nitrogen and oxygen atoms in total. The van der Waals surface area contributed by atoms with Crippen molar-refractivity contribution in [3.05, 3.63) is 151 Å². The number of hydrogen-bond donors (Lipinski definition) is 1. The largest absolute Gasteiger partial charge is 0.242 e. The molecule has 1 N–H and O–H groups in total. The van der Waals surface area contributed by atoms with E-state index in [1.165, 1.54) is 27.0 Å². The summed E-state index contributed by atoms with van der Waals surface area (Å²) in [5.41, 5.74) is 4.60. The molecule has 0 saturated heterocycles. The maximum Gasteiger partial charge on any atom is 0.0979 e. The van der Waals surface area contributed by atoms with Gasteiger partial charge in [0.25, 0.3) is 0 Å². The van der Waals surface area contributed by atoms with Gasteiger partial charge in [-0.15, -0.1) is 0 Å². The summed E-state index contributed by atoms with van der Waals surface area (Å²) in [6.45, 7) is 6.04. The zero-order chi connectivity index (χ0) is 27.2. The lowest BCUT2D eigenvalue weighted by Gasteiger charge is -2.29. The van der Waals surface area contributed by atoms with Gasteiger partial charge in [-0.05, 0) is 66.9 Å². The van der Waals surface area contributed by atoms with Crippen LogP contribution in [0.3, 0.4) is 0 Å². The van der Waals surface area contributed by atoms with E-state index in [0.29, 0.717) is 0 Å². The average Bonchev–Trinajstić information content (AvgIpc) is 2.97. The summed E-state index contributed by atoms with van der Waals surface area (Å²) in [4.78, 5) is 0. The van der Waals surface area contributed by atoms with Gasteiger partial charge in [0.1, 0.15) is 0 Å². The fourth-order valence-electron chi connectivity index (χ4n) is 4.61. The molecular formula is C35H34NOPS. The fourth-order valence-corrected chi connectivity index (χ4v) is 7.93. The molecule has 0 spiro atoms. The molecular weight excluding hydrogens is 513 g/mol. The Kier molecular flexibility index (Phi) is 8.53. The van der Waals surface area contributed by atoms with Gasteiger partial charge in [-0.1, -0.05) is 140 Å². The average molecular weight is 548 g/mol. The molecule has 5 rings (SSSR count). The summed E-state index contributed by atoms with van der Waals surface area (Å²) >= 11 is 0. The van der Waals surface area contributed by atoms with E-state index >= 15 is 0 Å². The number of nitrogens with one attached hydrogen (secondary N) is 1. The first-order valence-corrected chi connectivity index (χ1v) is 15.7. The Balaban J connectivity index is 1.64. The van der Waals surface area contributed by atoms with E-state index in [0.717, 1.165) is 11.1 Å². The SMILES string of the molecule is CC(C)(C)S(=O)NC(c1ccc(-c2ccccc2)cc1)c1ccccc1P(c1ccccc1)c1ccccc1. The normalized spacial score (nSPS) is 13.2. The van der Waals surface area contributed by atoms with Crippen LogP contribution in [0.1, 0.15) is 37.9 Å². The lowest BCUT2D eigenvalue weighted by Crippen LogP contribution is -2.38. The first-order chi connectivity index (χ1) is 18.9. The summed E-state index contributed by atoms with van der Waals surface area (Å²) in [5, 5.41) is 3.85. The van der Waals surface area contributed by atoms with Gasteiger partial charge < -0.3 is 0 Å². The molecule has 0 aliphatic rings. The third-order valence-corrected chi connectivity index (χ3v) is 10.7. The van der Waals surface area contributed by atoms with Crippen molar-refractivity contribution in [3.8, 4) is 11.1 Å². The number of hydrogen-bond acceptors (Lipinski definition) is 1. The van der Waals surface area contributed by atoms with E-state index in [9.17, 15) is 4.21 Å². The molecule has 0 aliphatic heterocycles. The molecule has 39 heavy (non-hydrogen) atoms. The second-order valence-corrected chi connectivity index (χ2v) is 14.7. The summed E-state index contributed by atoms with van der Waals surface area (Å²) in [6.07, 6.45) is 0. The number of benzene rings is 5. The van der Waals surface area contributed by atoms with Gasteiger partial charge in [0, 0.05) is 0 Å². The van der Waals surface area contributed by atoms with Crippen LogP contribution in [0, 0.1) is 0 Å². The minimum Gasteiger partial charge on any atom is -0.242 e. The standard InChI is InChI=1S/C35H34NOPS/c1-35(2,3)39(37)36-34(29-25-23-28(24-26-29)27-15-7-4-8-16-27)32-21-13-14-22-33(32)38(30-17-9-5-10-18-30)31-19-11-6-12-20-31/h4-26,34,36H,1-3H3. The molecule has 196 valence electrons. The van der Waals surface area contributed by atoms with Crippen molar-refractivity contribution in [2.24, 2.45) is 0 Å². The highest BCUT2D eigenvalue weighted by Gasteiger charge is 2.28. The van der Waals surface area contributed by atoms with Crippen LogP contribution < -0.4 is 20.6 Å². The summed E-state index contributed by atoms with van der Waals surface area (Å²) in [7, 11) is -2.09. The van der Waals surface area contributed by atoms with E-state index in [2.05, 4.69) is 138 Å². The van der Waals surface area contributed by atoms with Crippen LogP contribution in [-0.4, -0.2) is 8.96 Å². The summed E-state index contributed by atoms with van der Waals surface area (Å²) in [6, 6.07) is 49.0. The van der Waals surface area contributed by atoms with E-state index < -0.39 is 23.7 Å². The summed E-state index contributed by atoms with van der Waals surface area (Å²) in [5.74, 6) is 0. The third kappa shape index (κ3) is 6.45. The van der Waals surface area contributed by atoms with Crippen LogP contribution in [-0.2, 0) is 11.0 Å². The zero-order valence-electron chi connectivity index (χ0n) is 22.6. The van der Waals surface area contributed by atoms with Crippen LogP contribution in [0.5, 0.6) is 0 Å². The predicted molar refractivity (Wildman–Crippen MR) is 170 cm³/mol. The van der Waals surface area contributed by atoms with Crippen molar-refractivity contribution in [1.82, 2.24) is 4.72 Å². The molecule has 0 saturated carbocycles. The zero-order valence-corrected chi connectivity index (χ0v) is 24.3. The second-order valence-electron chi connectivity index (χ2n) is 10.5. The monoisotopic (exact) mass is 547 g/mol. The van der Waals surface area contributed by atoms with Crippen molar-refractivity contribution < 1.29 is 4.21 Å². The van der Waals surface area contributed by atoms with Gasteiger partial charge in [0.15, 0.2) is 0 Å². The van der Waals surface area contributed by atoms with Crippen LogP contribution in [0.25, 0.3) is 11.1 Å². The highest BCUT2D eigenvalue weighted by atomic mass is 32.2. The predicted octanol–water partition coefficient (Wildman–Crippen LogP) is 7.25. The van der Waals surface area contributed by atoms with Gasteiger partial charge >= 0.3 is 0 Å².